The first-order chi connectivity index (χ1) is 16.3. The maximum absolute atomic E-state index is 12.9. The minimum absolute atomic E-state index is 0.138. The maximum Gasteiger partial charge on any atom is 0.253 e. The van der Waals surface area contributed by atoms with Gasteiger partial charge in [0.2, 0.25) is 0 Å². The van der Waals surface area contributed by atoms with E-state index in [1.54, 1.807) is 0 Å². The van der Waals surface area contributed by atoms with Gasteiger partial charge >= 0.3 is 0 Å². The van der Waals surface area contributed by atoms with E-state index >= 15 is 0 Å². The number of fused-ring (bicyclic) bond motifs is 3. The van der Waals surface area contributed by atoms with E-state index in [0.717, 1.165) is 49.8 Å². The molecule has 3 heterocycles. The second-order valence-corrected chi connectivity index (χ2v) is 10.9. The molecule has 0 radical (unpaired) electrons. The van der Waals surface area contributed by atoms with Crippen molar-refractivity contribution in [2.24, 2.45) is 0 Å². The van der Waals surface area contributed by atoms with Gasteiger partial charge in [0.25, 0.3) is 5.91 Å². The first-order valence-electron chi connectivity index (χ1n) is 12.7. The van der Waals surface area contributed by atoms with E-state index < -0.39 is 0 Å². The molecular formula is C27H32N4OS. The fourth-order valence-electron chi connectivity index (χ4n) is 5.81. The van der Waals surface area contributed by atoms with Gasteiger partial charge in [-0.3, -0.25) is 4.79 Å². The second kappa shape index (κ2) is 9.05. The Morgan fingerprint density at radius 1 is 0.879 bits per heavy atom. The number of carbonyl (C=O) groups excluding carboxylic acids is 1. The predicted octanol–water partition coefficient (Wildman–Crippen LogP) is 5.58. The quantitative estimate of drug-likeness (QED) is 0.512. The molecule has 172 valence electrons. The monoisotopic (exact) mass is 460 g/mol. The zero-order chi connectivity index (χ0) is 22.2. The number of nitrogens with zero attached hydrogens (tertiary/aromatic N) is 4. The van der Waals surface area contributed by atoms with E-state index in [1.807, 2.05) is 46.6 Å². The summed E-state index contributed by atoms with van der Waals surface area (Å²) in [6, 6.07) is 9.66. The summed E-state index contributed by atoms with van der Waals surface area (Å²) in [7, 11) is 0. The molecule has 0 unspecified atom stereocenters. The number of carbonyl (C=O) groups is 1. The Morgan fingerprint density at radius 3 is 2.42 bits per heavy atom. The number of aryl methyl sites for hydroxylation is 2. The maximum atomic E-state index is 12.9. The number of rotatable bonds is 3. The van der Waals surface area contributed by atoms with Gasteiger partial charge < -0.3 is 9.80 Å². The molecule has 1 amide bonds. The number of anilines is 1. The number of piperazine rings is 1. The van der Waals surface area contributed by atoms with Crippen molar-refractivity contribution in [3.05, 3.63) is 52.2 Å². The Morgan fingerprint density at radius 2 is 1.64 bits per heavy atom. The van der Waals surface area contributed by atoms with Crippen molar-refractivity contribution in [3.63, 3.8) is 0 Å². The smallest absolute Gasteiger partial charge is 0.253 e. The normalized spacial score (nSPS) is 19.6. The van der Waals surface area contributed by atoms with Crippen molar-refractivity contribution < 1.29 is 4.79 Å². The van der Waals surface area contributed by atoms with Gasteiger partial charge in [0.1, 0.15) is 16.5 Å². The average molecular weight is 461 g/mol. The number of hydrogen-bond donors (Lipinski definition) is 0. The molecule has 0 atom stereocenters. The molecule has 1 aliphatic heterocycles. The van der Waals surface area contributed by atoms with Crippen LogP contribution in [0.25, 0.3) is 10.2 Å². The molecule has 0 spiro atoms. The molecule has 5 nitrogen and oxygen atoms in total. The van der Waals surface area contributed by atoms with Crippen LogP contribution in [0.3, 0.4) is 0 Å². The fraction of sp³-hybridized carbons (Fsp3) is 0.519. The standard InChI is InChI=1S/C27H32N4OS/c32-27(20-11-5-2-6-12-20)31-17-15-30(16-18-31)25-23-21-13-7-8-14-22(21)33-26(23)29-24(28-25)19-9-3-1-4-10-19/h2,5-6,11-12,19H,1,3-4,7-10,13-18H2. The number of thiophene rings is 1. The van der Waals surface area contributed by atoms with Gasteiger partial charge in [-0.15, -0.1) is 11.3 Å². The highest BCUT2D eigenvalue weighted by Gasteiger charge is 2.29. The van der Waals surface area contributed by atoms with Crippen LogP contribution in [0.15, 0.2) is 30.3 Å². The number of hydrogen-bond acceptors (Lipinski definition) is 5. The topological polar surface area (TPSA) is 49.3 Å². The van der Waals surface area contributed by atoms with Gasteiger partial charge in [0, 0.05) is 42.5 Å². The molecule has 0 bridgehead atoms. The summed E-state index contributed by atoms with van der Waals surface area (Å²) in [5, 5.41) is 1.32. The number of aromatic nitrogens is 2. The Labute approximate surface area is 199 Å². The van der Waals surface area contributed by atoms with Crippen molar-refractivity contribution in [1.82, 2.24) is 14.9 Å². The zero-order valence-corrected chi connectivity index (χ0v) is 20.1. The summed E-state index contributed by atoms with van der Waals surface area (Å²) < 4.78 is 0. The highest BCUT2D eigenvalue weighted by Crippen LogP contribution is 2.42. The summed E-state index contributed by atoms with van der Waals surface area (Å²) in [4.78, 5) is 30.6. The first kappa shape index (κ1) is 21.1. The second-order valence-electron chi connectivity index (χ2n) is 9.78. The van der Waals surface area contributed by atoms with E-state index in [9.17, 15) is 4.79 Å². The van der Waals surface area contributed by atoms with Crippen LogP contribution in [0.2, 0.25) is 0 Å². The summed E-state index contributed by atoms with van der Waals surface area (Å²) in [5.74, 6) is 2.85. The van der Waals surface area contributed by atoms with Gasteiger partial charge in [0.05, 0.1) is 5.39 Å². The van der Waals surface area contributed by atoms with Crippen molar-refractivity contribution in [2.45, 2.75) is 63.7 Å². The fourth-order valence-corrected chi connectivity index (χ4v) is 7.07. The van der Waals surface area contributed by atoms with Crippen LogP contribution in [0.5, 0.6) is 0 Å². The van der Waals surface area contributed by atoms with Crippen LogP contribution in [0, 0.1) is 0 Å². The molecular weight excluding hydrogens is 428 g/mol. The van der Waals surface area contributed by atoms with Gasteiger partial charge in [-0.25, -0.2) is 9.97 Å². The van der Waals surface area contributed by atoms with E-state index in [1.165, 1.54) is 72.0 Å². The molecule has 6 rings (SSSR count). The predicted molar refractivity (Wildman–Crippen MR) is 134 cm³/mol. The molecule has 0 N–H and O–H groups in total. The molecule has 3 aromatic rings. The molecule has 33 heavy (non-hydrogen) atoms. The van der Waals surface area contributed by atoms with E-state index in [4.69, 9.17) is 9.97 Å². The largest absolute Gasteiger partial charge is 0.352 e. The third-order valence-corrected chi connectivity index (χ3v) is 8.86. The molecule has 2 fully saturated rings. The van der Waals surface area contributed by atoms with Crippen LogP contribution in [-0.2, 0) is 12.8 Å². The molecule has 3 aliphatic rings. The zero-order valence-electron chi connectivity index (χ0n) is 19.3. The third kappa shape index (κ3) is 4.03. The van der Waals surface area contributed by atoms with Crippen LogP contribution < -0.4 is 4.90 Å². The summed E-state index contributed by atoms with van der Waals surface area (Å²) in [5.41, 5.74) is 2.29. The lowest BCUT2D eigenvalue weighted by atomic mass is 9.88. The highest BCUT2D eigenvalue weighted by atomic mass is 32.1. The van der Waals surface area contributed by atoms with Gasteiger partial charge in [-0.1, -0.05) is 37.5 Å². The lowest BCUT2D eigenvalue weighted by molar-refractivity contribution is 0.0746. The van der Waals surface area contributed by atoms with Crippen LogP contribution in [0.4, 0.5) is 5.82 Å². The molecule has 1 saturated carbocycles. The van der Waals surface area contributed by atoms with Crippen LogP contribution in [-0.4, -0.2) is 47.0 Å². The van der Waals surface area contributed by atoms with Gasteiger partial charge in [-0.05, 0) is 56.2 Å². The number of benzene rings is 1. The Balaban J connectivity index is 1.31. The molecule has 2 aliphatic carbocycles. The molecule has 2 aromatic heterocycles. The Kier molecular flexibility index (Phi) is 5.78. The Bertz CT molecular complexity index is 1140. The molecule has 1 saturated heterocycles. The summed E-state index contributed by atoms with van der Waals surface area (Å²) >= 11 is 1.92. The average Bonchev–Trinajstić information content (AvgIpc) is 3.27. The lowest BCUT2D eigenvalue weighted by Gasteiger charge is -2.36. The van der Waals surface area contributed by atoms with Crippen molar-refractivity contribution in [3.8, 4) is 0 Å². The highest BCUT2D eigenvalue weighted by molar-refractivity contribution is 7.19. The van der Waals surface area contributed by atoms with Crippen molar-refractivity contribution >= 4 is 33.3 Å². The summed E-state index contributed by atoms with van der Waals surface area (Å²) in [6.45, 7) is 3.15. The molecule has 1 aromatic carbocycles. The van der Waals surface area contributed by atoms with Gasteiger partial charge in [-0.2, -0.15) is 0 Å². The molecule has 6 heteroatoms. The third-order valence-electron chi connectivity index (χ3n) is 7.67. The summed E-state index contributed by atoms with van der Waals surface area (Å²) in [6.07, 6.45) is 11.3. The minimum atomic E-state index is 0.138. The van der Waals surface area contributed by atoms with E-state index in [2.05, 4.69) is 4.90 Å². The van der Waals surface area contributed by atoms with E-state index in [-0.39, 0.29) is 5.91 Å². The van der Waals surface area contributed by atoms with Crippen LogP contribution >= 0.6 is 11.3 Å². The van der Waals surface area contributed by atoms with Crippen LogP contribution in [0.1, 0.15) is 77.5 Å². The lowest BCUT2D eigenvalue weighted by Crippen LogP contribution is -2.49. The minimum Gasteiger partial charge on any atom is -0.352 e. The first-order valence-corrected chi connectivity index (χ1v) is 13.5. The van der Waals surface area contributed by atoms with Gasteiger partial charge in [0.15, 0.2) is 0 Å². The van der Waals surface area contributed by atoms with Crippen molar-refractivity contribution in [2.75, 3.05) is 31.1 Å². The van der Waals surface area contributed by atoms with E-state index in [0.29, 0.717) is 5.92 Å². The van der Waals surface area contributed by atoms with Crippen molar-refractivity contribution in [1.29, 1.82) is 0 Å². The number of amides is 1. The Hall–Kier alpha value is -2.47. The SMILES string of the molecule is O=C(c1ccccc1)N1CCN(c2nc(C3CCCCC3)nc3sc4c(c23)CCCC4)CC1.